The molecule has 3 aromatic carbocycles. The predicted molar refractivity (Wildman–Crippen MR) is 168 cm³/mol. The molecule has 9 nitrogen and oxygen atoms in total. The van der Waals surface area contributed by atoms with Crippen LogP contribution in [-0.2, 0) is 30.5 Å². The molecule has 0 radical (unpaired) electrons. The number of aliphatic hydroxyl groups excluding tert-OH is 1. The minimum Gasteiger partial charge on any atom is -0.482 e. The van der Waals surface area contributed by atoms with Crippen LogP contribution < -0.4 is 4.74 Å². The van der Waals surface area contributed by atoms with E-state index >= 15 is 0 Å². The van der Waals surface area contributed by atoms with Gasteiger partial charge in [0.2, 0.25) is 9.84 Å². The third-order valence-corrected chi connectivity index (χ3v) is 8.11. The molecular formula is C33H40ClNO8S. The van der Waals surface area contributed by atoms with E-state index < -0.39 is 39.2 Å². The monoisotopic (exact) mass is 645 g/mol. The number of halogens is 1. The summed E-state index contributed by atoms with van der Waals surface area (Å²) in [7, 11) is -3.82. The van der Waals surface area contributed by atoms with Crippen molar-refractivity contribution in [1.82, 2.24) is 4.90 Å². The van der Waals surface area contributed by atoms with Gasteiger partial charge < -0.3 is 24.2 Å². The molecule has 0 aliphatic rings. The fraction of sp³-hybridized carbons (Fsp3) is 0.394. The number of sulfone groups is 1. The third-order valence-electron chi connectivity index (χ3n) is 6.09. The molecule has 0 saturated heterocycles. The van der Waals surface area contributed by atoms with Gasteiger partial charge in [-0.3, -0.25) is 0 Å². The maximum absolute atomic E-state index is 13.2. The number of hydrogen-bond donors (Lipinski definition) is 1. The van der Waals surface area contributed by atoms with Gasteiger partial charge in [0.1, 0.15) is 17.0 Å². The van der Waals surface area contributed by atoms with Gasteiger partial charge in [0.15, 0.2) is 6.61 Å². The van der Waals surface area contributed by atoms with E-state index in [1.165, 1.54) is 41.3 Å². The van der Waals surface area contributed by atoms with Gasteiger partial charge in [0.25, 0.3) is 0 Å². The molecule has 44 heavy (non-hydrogen) atoms. The Kier molecular flexibility index (Phi) is 11.5. The first kappa shape index (κ1) is 34.9. The maximum Gasteiger partial charge on any atom is 0.410 e. The summed E-state index contributed by atoms with van der Waals surface area (Å²) >= 11 is 6.07. The molecule has 0 heterocycles. The van der Waals surface area contributed by atoms with Crippen LogP contribution >= 0.6 is 11.6 Å². The minimum atomic E-state index is -3.82. The summed E-state index contributed by atoms with van der Waals surface area (Å²) in [5.74, 6) is -0.194. The number of amides is 1. The lowest BCUT2D eigenvalue weighted by atomic mass is 10.1. The molecule has 0 bridgehead atoms. The van der Waals surface area contributed by atoms with E-state index in [0.717, 1.165) is 5.56 Å². The van der Waals surface area contributed by atoms with Crippen LogP contribution in [0, 0.1) is 0 Å². The second-order valence-corrected chi connectivity index (χ2v) is 14.6. The van der Waals surface area contributed by atoms with Gasteiger partial charge in [0, 0.05) is 11.6 Å². The number of esters is 1. The zero-order valence-corrected chi connectivity index (χ0v) is 27.4. The van der Waals surface area contributed by atoms with E-state index in [1.54, 1.807) is 77.9 Å². The van der Waals surface area contributed by atoms with Crippen LogP contribution in [0.2, 0.25) is 5.02 Å². The van der Waals surface area contributed by atoms with Crippen LogP contribution in [0.3, 0.4) is 0 Å². The van der Waals surface area contributed by atoms with E-state index in [0.29, 0.717) is 22.8 Å². The van der Waals surface area contributed by atoms with Crippen LogP contribution in [0.5, 0.6) is 5.75 Å². The molecule has 0 fully saturated rings. The Labute approximate surface area is 264 Å². The molecule has 1 N–H and O–H groups in total. The Morgan fingerprint density at radius 2 is 1.43 bits per heavy atom. The molecule has 3 rings (SSSR count). The highest BCUT2D eigenvalue weighted by molar-refractivity contribution is 7.91. The molecule has 3 aromatic rings. The zero-order valence-electron chi connectivity index (χ0n) is 25.9. The first-order valence-corrected chi connectivity index (χ1v) is 16.0. The van der Waals surface area contributed by atoms with Crippen molar-refractivity contribution in [2.75, 3.05) is 19.7 Å². The Balaban J connectivity index is 1.66. The summed E-state index contributed by atoms with van der Waals surface area (Å²) in [6.07, 6.45) is -1.16. The minimum absolute atomic E-state index is 0.0147. The van der Waals surface area contributed by atoms with Crippen molar-refractivity contribution < 1.29 is 37.3 Å². The van der Waals surface area contributed by atoms with Crippen molar-refractivity contribution in [2.45, 2.75) is 75.1 Å². The SMILES string of the molecule is CC(C)(C)OC(=O)COc1ccc(S(=O)(=O)c2ccc(CCN(C[C@H](O)c3cccc(Cl)c3)C(=O)OC(C)(C)C)cc2)cc1. The van der Waals surface area contributed by atoms with Crippen LogP contribution in [0.1, 0.15) is 58.8 Å². The second kappa shape index (κ2) is 14.5. The number of carbonyl (C=O) groups excluding carboxylic acids is 2. The number of carbonyl (C=O) groups is 2. The first-order chi connectivity index (χ1) is 20.4. The fourth-order valence-corrected chi connectivity index (χ4v) is 5.53. The number of benzene rings is 3. The van der Waals surface area contributed by atoms with Crippen molar-refractivity contribution in [3.05, 3.63) is 88.9 Å². The normalized spacial score (nSPS) is 12.7. The van der Waals surface area contributed by atoms with E-state index in [-0.39, 0.29) is 29.5 Å². The molecule has 1 atom stereocenters. The Morgan fingerprint density at radius 1 is 0.864 bits per heavy atom. The van der Waals surface area contributed by atoms with Crippen molar-refractivity contribution in [2.24, 2.45) is 0 Å². The number of aliphatic hydroxyl groups is 1. The predicted octanol–water partition coefficient (Wildman–Crippen LogP) is 6.41. The van der Waals surface area contributed by atoms with Gasteiger partial charge in [-0.15, -0.1) is 0 Å². The van der Waals surface area contributed by atoms with E-state index in [4.69, 9.17) is 25.8 Å². The molecule has 0 aromatic heterocycles. The molecule has 0 saturated carbocycles. The molecule has 238 valence electrons. The highest BCUT2D eigenvalue weighted by atomic mass is 35.5. The molecular weight excluding hydrogens is 606 g/mol. The number of ether oxygens (including phenoxy) is 3. The number of rotatable bonds is 11. The highest BCUT2D eigenvalue weighted by Crippen LogP contribution is 2.25. The Hall–Kier alpha value is -3.60. The molecule has 0 aliphatic carbocycles. The van der Waals surface area contributed by atoms with Crippen LogP contribution in [-0.4, -0.2) is 61.4 Å². The van der Waals surface area contributed by atoms with E-state index in [9.17, 15) is 23.1 Å². The lowest BCUT2D eigenvalue weighted by Crippen LogP contribution is -2.40. The smallest absolute Gasteiger partial charge is 0.410 e. The number of hydrogen-bond acceptors (Lipinski definition) is 8. The standard InChI is InChI=1S/C33H40ClNO8S/c1-32(2,3)42-30(37)22-41-26-12-16-28(17-13-26)44(39,40)27-14-10-23(11-15-27)18-19-35(31(38)43-33(4,5)6)21-29(36)24-8-7-9-25(34)20-24/h7-17,20,29,36H,18-19,21-22H2,1-6H3/t29-/m0/s1. The van der Waals surface area contributed by atoms with Gasteiger partial charge in [-0.05, 0) is 108 Å². The van der Waals surface area contributed by atoms with Gasteiger partial charge >= 0.3 is 12.1 Å². The van der Waals surface area contributed by atoms with E-state index in [1.807, 2.05) is 0 Å². The van der Waals surface area contributed by atoms with Gasteiger partial charge in [-0.2, -0.15) is 0 Å². The second-order valence-electron chi connectivity index (χ2n) is 12.2. The summed E-state index contributed by atoms with van der Waals surface area (Å²) < 4.78 is 42.6. The zero-order chi connectivity index (χ0) is 32.7. The summed E-state index contributed by atoms with van der Waals surface area (Å²) in [6.45, 7) is 10.5. The average Bonchev–Trinajstić information content (AvgIpc) is 2.92. The lowest BCUT2D eigenvalue weighted by molar-refractivity contribution is -0.157. The Bertz CT molecular complexity index is 1530. The van der Waals surface area contributed by atoms with Gasteiger partial charge in [-0.25, -0.2) is 18.0 Å². The molecule has 0 aliphatic heterocycles. The number of nitrogens with zero attached hydrogens (tertiary/aromatic N) is 1. The Morgan fingerprint density at radius 3 is 1.98 bits per heavy atom. The van der Waals surface area contributed by atoms with Crippen molar-refractivity contribution in [3.8, 4) is 5.75 Å². The molecule has 1 amide bonds. The summed E-state index contributed by atoms with van der Waals surface area (Å²) in [5.41, 5.74) is 0.00389. The van der Waals surface area contributed by atoms with Crippen LogP contribution in [0.4, 0.5) is 4.79 Å². The van der Waals surface area contributed by atoms with Crippen LogP contribution in [0.15, 0.2) is 82.6 Å². The third kappa shape index (κ3) is 10.8. The average molecular weight is 646 g/mol. The van der Waals surface area contributed by atoms with Crippen molar-refractivity contribution in [3.63, 3.8) is 0 Å². The maximum atomic E-state index is 13.2. The topological polar surface area (TPSA) is 119 Å². The largest absolute Gasteiger partial charge is 0.482 e. The molecule has 0 spiro atoms. The fourth-order valence-electron chi connectivity index (χ4n) is 4.08. The summed E-state index contributed by atoms with van der Waals surface area (Å²) in [5, 5.41) is 11.3. The van der Waals surface area contributed by atoms with Crippen molar-refractivity contribution in [1.29, 1.82) is 0 Å². The summed E-state index contributed by atoms with van der Waals surface area (Å²) in [6, 6.07) is 19.0. The van der Waals surface area contributed by atoms with Crippen molar-refractivity contribution >= 4 is 33.5 Å². The molecule has 11 heteroatoms. The molecule has 0 unspecified atom stereocenters. The highest BCUT2D eigenvalue weighted by Gasteiger charge is 2.25. The van der Waals surface area contributed by atoms with E-state index in [2.05, 4.69) is 0 Å². The van der Waals surface area contributed by atoms with Crippen LogP contribution in [0.25, 0.3) is 0 Å². The lowest BCUT2D eigenvalue weighted by Gasteiger charge is -2.29. The first-order valence-electron chi connectivity index (χ1n) is 14.1. The van der Waals surface area contributed by atoms with Gasteiger partial charge in [-0.1, -0.05) is 35.9 Å². The quantitative estimate of drug-likeness (QED) is 0.238. The van der Waals surface area contributed by atoms with Gasteiger partial charge in [0.05, 0.1) is 22.4 Å². The summed E-state index contributed by atoms with van der Waals surface area (Å²) in [4.78, 5) is 26.4.